The van der Waals surface area contributed by atoms with Crippen LogP contribution in [0.5, 0.6) is 0 Å². The molecule has 1 saturated carbocycles. The minimum Gasteiger partial charge on any atom is -0.348 e. The molecule has 2 atom stereocenters. The fraction of sp³-hybridized carbons (Fsp3) is 0.909. The number of aldehydes is 1. The molecule has 2 aliphatic rings. The van der Waals surface area contributed by atoms with Crippen LogP contribution in [0.25, 0.3) is 0 Å². The van der Waals surface area contributed by atoms with E-state index in [4.69, 9.17) is 9.47 Å². The van der Waals surface area contributed by atoms with Crippen molar-refractivity contribution in [2.24, 2.45) is 17.3 Å². The normalized spacial score (nSPS) is 39.1. The van der Waals surface area contributed by atoms with Crippen molar-refractivity contribution in [2.45, 2.75) is 33.0 Å². The largest absolute Gasteiger partial charge is 0.348 e. The van der Waals surface area contributed by atoms with Gasteiger partial charge in [-0.2, -0.15) is 0 Å². The number of ether oxygens (including phenoxy) is 2. The molecule has 3 heteroatoms. The molecule has 1 saturated heterocycles. The molecule has 0 radical (unpaired) electrons. The first-order chi connectivity index (χ1) is 6.50. The molecule has 0 aromatic carbocycles. The van der Waals surface area contributed by atoms with Crippen molar-refractivity contribution in [3.05, 3.63) is 0 Å². The highest BCUT2D eigenvalue weighted by Gasteiger charge is 2.58. The Morgan fingerprint density at radius 2 is 1.79 bits per heavy atom. The predicted molar refractivity (Wildman–Crippen MR) is 51.8 cm³/mol. The molecule has 0 aromatic rings. The predicted octanol–water partition coefficient (Wildman–Crippen LogP) is 1.61. The molecular formula is C11H18O3. The second kappa shape index (κ2) is 3.04. The van der Waals surface area contributed by atoms with Gasteiger partial charge in [0.15, 0.2) is 5.79 Å². The lowest BCUT2D eigenvalue weighted by Crippen LogP contribution is -2.56. The van der Waals surface area contributed by atoms with Crippen molar-refractivity contribution in [1.29, 1.82) is 0 Å². The Kier molecular flexibility index (Phi) is 2.20. The van der Waals surface area contributed by atoms with Gasteiger partial charge in [0.1, 0.15) is 6.29 Å². The van der Waals surface area contributed by atoms with Crippen molar-refractivity contribution in [1.82, 2.24) is 0 Å². The fourth-order valence-corrected chi connectivity index (χ4v) is 2.81. The van der Waals surface area contributed by atoms with E-state index in [1.165, 1.54) is 0 Å². The van der Waals surface area contributed by atoms with Crippen LogP contribution in [-0.2, 0) is 14.3 Å². The number of carbonyl (C=O) groups is 1. The summed E-state index contributed by atoms with van der Waals surface area (Å²) < 4.78 is 11.3. The second-order valence-electron chi connectivity index (χ2n) is 5.07. The molecule has 1 aliphatic heterocycles. The molecule has 0 N–H and O–H groups in total. The van der Waals surface area contributed by atoms with Crippen LogP contribution in [0.4, 0.5) is 0 Å². The minimum atomic E-state index is -0.455. The third kappa shape index (κ3) is 1.22. The maximum atomic E-state index is 10.8. The summed E-state index contributed by atoms with van der Waals surface area (Å²) in [6, 6.07) is 0. The first kappa shape index (κ1) is 10.1. The van der Waals surface area contributed by atoms with E-state index in [2.05, 4.69) is 13.8 Å². The van der Waals surface area contributed by atoms with Crippen LogP contribution in [-0.4, -0.2) is 25.3 Å². The maximum absolute atomic E-state index is 10.8. The zero-order chi connectivity index (χ0) is 10.4. The molecule has 0 bridgehead atoms. The van der Waals surface area contributed by atoms with Gasteiger partial charge in [-0.15, -0.1) is 0 Å². The molecule has 0 amide bonds. The van der Waals surface area contributed by atoms with E-state index in [1.807, 2.05) is 6.92 Å². The highest BCUT2D eigenvalue weighted by Crippen LogP contribution is 2.56. The quantitative estimate of drug-likeness (QED) is 0.632. The Hall–Kier alpha value is -0.410. The number of carbonyl (C=O) groups excluding carboxylic acids is 1. The van der Waals surface area contributed by atoms with E-state index in [9.17, 15) is 4.79 Å². The van der Waals surface area contributed by atoms with E-state index in [0.29, 0.717) is 19.1 Å². The molecular weight excluding hydrogens is 180 g/mol. The summed E-state index contributed by atoms with van der Waals surface area (Å²) >= 11 is 0. The average molecular weight is 198 g/mol. The molecule has 0 unspecified atom stereocenters. The molecule has 14 heavy (non-hydrogen) atoms. The van der Waals surface area contributed by atoms with Gasteiger partial charge in [-0.1, -0.05) is 13.8 Å². The molecule has 2 rings (SSSR count). The third-order valence-electron chi connectivity index (χ3n) is 4.00. The van der Waals surface area contributed by atoms with Crippen molar-refractivity contribution >= 4 is 6.29 Å². The van der Waals surface area contributed by atoms with Gasteiger partial charge in [-0.25, -0.2) is 0 Å². The highest BCUT2D eigenvalue weighted by atomic mass is 16.7. The van der Waals surface area contributed by atoms with Gasteiger partial charge in [0, 0.05) is 11.8 Å². The van der Waals surface area contributed by atoms with Gasteiger partial charge in [0.2, 0.25) is 0 Å². The Labute approximate surface area is 84.8 Å². The average Bonchev–Trinajstić information content (AvgIpc) is 2.51. The van der Waals surface area contributed by atoms with Crippen LogP contribution in [0.3, 0.4) is 0 Å². The SMILES string of the molecule is CC1([C@@H]2C[C@H](C=O)C2(C)C)OCCO1. The molecule has 0 aromatic heterocycles. The van der Waals surface area contributed by atoms with Crippen molar-refractivity contribution < 1.29 is 14.3 Å². The fourth-order valence-electron chi connectivity index (χ4n) is 2.81. The van der Waals surface area contributed by atoms with Gasteiger partial charge in [-0.3, -0.25) is 0 Å². The van der Waals surface area contributed by atoms with Crippen molar-refractivity contribution in [3.8, 4) is 0 Å². The van der Waals surface area contributed by atoms with Crippen molar-refractivity contribution in [2.75, 3.05) is 13.2 Å². The van der Waals surface area contributed by atoms with Crippen LogP contribution >= 0.6 is 0 Å². The Morgan fingerprint density at radius 1 is 1.21 bits per heavy atom. The zero-order valence-electron chi connectivity index (χ0n) is 9.08. The molecule has 3 nitrogen and oxygen atoms in total. The van der Waals surface area contributed by atoms with E-state index < -0.39 is 5.79 Å². The molecule has 0 spiro atoms. The van der Waals surface area contributed by atoms with E-state index >= 15 is 0 Å². The van der Waals surface area contributed by atoms with Crippen molar-refractivity contribution in [3.63, 3.8) is 0 Å². The lowest BCUT2D eigenvalue weighted by molar-refractivity contribution is -0.247. The Bertz CT molecular complexity index is 241. The van der Waals surface area contributed by atoms with Gasteiger partial charge >= 0.3 is 0 Å². The summed E-state index contributed by atoms with van der Waals surface area (Å²) in [5.41, 5.74) is 0.0147. The summed E-state index contributed by atoms with van der Waals surface area (Å²) in [6.07, 6.45) is 1.96. The lowest BCUT2D eigenvalue weighted by atomic mass is 9.53. The molecule has 2 fully saturated rings. The second-order valence-corrected chi connectivity index (χ2v) is 5.07. The Balaban J connectivity index is 2.11. The summed E-state index contributed by atoms with van der Waals surface area (Å²) in [5, 5.41) is 0. The zero-order valence-corrected chi connectivity index (χ0v) is 9.08. The van der Waals surface area contributed by atoms with Crippen LogP contribution in [0.1, 0.15) is 27.2 Å². The first-order valence-electron chi connectivity index (χ1n) is 5.24. The van der Waals surface area contributed by atoms with E-state index in [1.54, 1.807) is 0 Å². The summed E-state index contributed by atoms with van der Waals surface area (Å²) in [6.45, 7) is 7.59. The number of rotatable bonds is 2. The van der Waals surface area contributed by atoms with Crippen LogP contribution < -0.4 is 0 Å². The minimum absolute atomic E-state index is 0.0147. The summed E-state index contributed by atoms with van der Waals surface area (Å²) in [7, 11) is 0. The summed E-state index contributed by atoms with van der Waals surface area (Å²) in [4.78, 5) is 10.8. The van der Waals surface area contributed by atoms with Crippen LogP contribution in [0, 0.1) is 17.3 Å². The lowest BCUT2D eigenvalue weighted by Gasteiger charge is -2.55. The Morgan fingerprint density at radius 3 is 2.21 bits per heavy atom. The maximum Gasteiger partial charge on any atom is 0.169 e. The van der Waals surface area contributed by atoms with E-state index in [-0.39, 0.29) is 11.3 Å². The topological polar surface area (TPSA) is 35.5 Å². The molecule has 1 heterocycles. The number of hydrogen-bond donors (Lipinski definition) is 0. The molecule has 80 valence electrons. The highest BCUT2D eigenvalue weighted by molar-refractivity contribution is 5.57. The first-order valence-corrected chi connectivity index (χ1v) is 5.24. The van der Waals surface area contributed by atoms with Gasteiger partial charge in [0.25, 0.3) is 0 Å². The van der Waals surface area contributed by atoms with E-state index in [0.717, 1.165) is 12.7 Å². The van der Waals surface area contributed by atoms with Crippen LogP contribution in [0.15, 0.2) is 0 Å². The van der Waals surface area contributed by atoms with Crippen LogP contribution in [0.2, 0.25) is 0 Å². The van der Waals surface area contributed by atoms with Gasteiger partial charge < -0.3 is 14.3 Å². The standard InChI is InChI=1S/C11H18O3/c1-10(2)8(7-12)6-9(10)11(3)13-4-5-14-11/h7-9H,4-6H2,1-3H3/t8-,9-/m1/s1. The smallest absolute Gasteiger partial charge is 0.169 e. The summed E-state index contributed by atoms with van der Waals surface area (Å²) in [5.74, 6) is 0.0491. The molecule has 1 aliphatic carbocycles. The van der Waals surface area contributed by atoms with Gasteiger partial charge in [-0.05, 0) is 18.8 Å². The third-order valence-corrected chi connectivity index (χ3v) is 4.00. The van der Waals surface area contributed by atoms with Gasteiger partial charge in [0.05, 0.1) is 13.2 Å². The number of hydrogen-bond acceptors (Lipinski definition) is 3. The monoisotopic (exact) mass is 198 g/mol.